The molecule has 8 heteroatoms. The number of anilines is 1. The Hall–Kier alpha value is -2.93. The minimum Gasteiger partial charge on any atom is -0.319 e. The van der Waals surface area contributed by atoms with E-state index in [9.17, 15) is 18.0 Å². The van der Waals surface area contributed by atoms with E-state index in [1.807, 2.05) is 41.0 Å². The Balaban J connectivity index is 1.82. The molecule has 176 valence electrons. The van der Waals surface area contributed by atoms with Crippen LogP contribution in [0, 0.1) is 17.5 Å². The number of hydrogen-bond acceptors (Lipinski definition) is 1. The standard InChI is InChI=1S/C25H27ClF3N3O/c1-2-3-4-5-9-14-31(25(33)30-24-21(28)15-18(27)16-22(24)29)17-20-12-13-23(26)32(20)19-10-7-6-8-11-19/h6-8,10-13,15-16H,2-5,9,14,17H2,1H3,(H,30,33). The number of carbonyl (C=O) groups excluding carboxylic acids is 1. The van der Waals surface area contributed by atoms with E-state index in [1.165, 1.54) is 4.90 Å². The van der Waals surface area contributed by atoms with Crippen LogP contribution in [0.15, 0.2) is 54.6 Å². The van der Waals surface area contributed by atoms with Gasteiger partial charge in [-0.25, -0.2) is 18.0 Å². The Kier molecular flexibility index (Phi) is 8.83. The van der Waals surface area contributed by atoms with Gasteiger partial charge in [-0.15, -0.1) is 0 Å². The molecule has 0 aliphatic heterocycles. The van der Waals surface area contributed by atoms with Crippen LogP contribution < -0.4 is 5.32 Å². The van der Waals surface area contributed by atoms with E-state index in [1.54, 1.807) is 6.07 Å². The molecule has 0 spiro atoms. The number of nitrogens with one attached hydrogen (secondary N) is 1. The number of para-hydroxylation sites is 1. The van der Waals surface area contributed by atoms with Crippen molar-refractivity contribution in [1.29, 1.82) is 0 Å². The molecular weight excluding hydrogens is 451 g/mol. The van der Waals surface area contributed by atoms with Gasteiger partial charge in [-0.1, -0.05) is 62.4 Å². The zero-order chi connectivity index (χ0) is 23.8. The highest BCUT2D eigenvalue weighted by molar-refractivity contribution is 6.30. The smallest absolute Gasteiger partial charge is 0.319 e. The Morgan fingerprint density at radius 3 is 2.30 bits per heavy atom. The molecule has 0 aliphatic rings. The van der Waals surface area contributed by atoms with Gasteiger partial charge in [-0.05, 0) is 30.7 Å². The van der Waals surface area contributed by atoms with Gasteiger partial charge in [0.25, 0.3) is 0 Å². The maximum atomic E-state index is 14.1. The summed E-state index contributed by atoms with van der Waals surface area (Å²) in [5, 5.41) is 2.75. The first-order valence-electron chi connectivity index (χ1n) is 11.0. The minimum absolute atomic E-state index is 0.172. The molecule has 33 heavy (non-hydrogen) atoms. The van der Waals surface area contributed by atoms with Crippen molar-refractivity contribution in [2.24, 2.45) is 0 Å². The number of rotatable bonds is 10. The minimum atomic E-state index is -1.17. The third-order valence-corrected chi connectivity index (χ3v) is 5.63. The molecule has 0 bridgehead atoms. The molecule has 1 aromatic heterocycles. The molecule has 0 fully saturated rings. The van der Waals surface area contributed by atoms with Crippen LogP contribution in [-0.2, 0) is 6.54 Å². The van der Waals surface area contributed by atoms with E-state index < -0.39 is 29.2 Å². The average Bonchev–Trinajstić information content (AvgIpc) is 3.15. The Morgan fingerprint density at radius 2 is 1.64 bits per heavy atom. The van der Waals surface area contributed by atoms with E-state index in [0.29, 0.717) is 23.8 Å². The van der Waals surface area contributed by atoms with E-state index in [0.717, 1.165) is 43.5 Å². The molecule has 0 atom stereocenters. The summed E-state index contributed by atoms with van der Waals surface area (Å²) < 4.78 is 43.3. The Morgan fingerprint density at radius 1 is 0.970 bits per heavy atom. The van der Waals surface area contributed by atoms with Gasteiger partial charge in [-0.2, -0.15) is 0 Å². The van der Waals surface area contributed by atoms with Gasteiger partial charge in [0.2, 0.25) is 0 Å². The second-order valence-corrected chi connectivity index (χ2v) is 8.22. The molecular formula is C25H27ClF3N3O. The highest BCUT2D eigenvalue weighted by Crippen LogP contribution is 2.24. The third kappa shape index (κ3) is 6.54. The number of amides is 2. The zero-order valence-corrected chi connectivity index (χ0v) is 19.2. The average molecular weight is 478 g/mol. The molecule has 2 amide bonds. The Labute approximate surface area is 197 Å². The molecule has 0 saturated heterocycles. The molecule has 3 aromatic rings. The highest BCUT2D eigenvalue weighted by Gasteiger charge is 2.21. The predicted octanol–water partition coefficient (Wildman–Crippen LogP) is 7.55. The molecule has 1 heterocycles. The summed E-state index contributed by atoms with van der Waals surface area (Å²) >= 11 is 6.40. The van der Waals surface area contributed by atoms with Crippen LogP contribution in [0.3, 0.4) is 0 Å². The van der Waals surface area contributed by atoms with E-state index in [4.69, 9.17) is 11.6 Å². The fraction of sp³-hybridized carbons (Fsp3) is 0.320. The van der Waals surface area contributed by atoms with Gasteiger partial charge in [0.15, 0.2) is 11.6 Å². The number of benzene rings is 2. The molecule has 0 radical (unpaired) electrons. The second kappa shape index (κ2) is 11.8. The van der Waals surface area contributed by atoms with Gasteiger partial charge in [0.05, 0.1) is 6.54 Å². The summed E-state index contributed by atoms with van der Waals surface area (Å²) in [4.78, 5) is 14.5. The number of carbonyl (C=O) groups is 1. The molecule has 0 saturated carbocycles. The van der Waals surface area contributed by atoms with Crippen LogP contribution in [0.5, 0.6) is 0 Å². The molecule has 1 N–H and O–H groups in total. The summed E-state index contributed by atoms with van der Waals surface area (Å²) in [6.07, 6.45) is 4.90. The lowest BCUT2D eigenvalue weighted by atomic mass is 10.1. The van der Waals surface area contributed by atoms with Crippen molar-refractivity contribution < 1.29 is 18.0 Å². The Bertz CT molecular complexity index is 1050. The van der Waals surface area contributed by atoms with Crippen molar-refractivity contribution in [2.75, 3.05) is 11.9 Å². The lowest BCUT2D eigenvalue weighted by molar-refractivity contribution is 0.206. The molecule has 0 aliphatic carbocycles. The van der Waals surface area contributed by atoms with Crippen molar-refractivity contribution in [2.45, 2.75) is 45.6 Å². The molecule has 0 unspecified atom stereocenters. The lowest BCUT2D eigenvalue weighted by Crippen LogP contribution is -2.36. The maximum Gasteiger partial charge on any atom is 0.322 e. The number of aromatic nitrogens is 1. The SMILES string of the molecule is CCCCCCCN(Cc1ccc(Cl)n1-c1ccccc1)C(=O)Nc1c(F)cc(F)cc1F. The summed E-state index contributed by atoms with van der Waals surface area (Å²) in [5.41, 5.74) is 0.908. The predicted molar refractivity (Wildman–Crippen MR) is 125 cm³/mol. The van der Waals surface area contributed by atoms with Gasteiger partial charge in [0, 0.05) is 30.1 Å². The quantitative estimate of drug-likeness (QED) is 0.301. The maximum absolute atomic E-state index is 14.1. The summed E-state index contributed by atoms with van der Waals surface area (Å²) in [5.74, 6) is -3.38. The van der Waals surface area contributed by atoms with Crippen LogP contribution >= 0.6 is 11.6 Å². The first-order chi connectivity index (χ1) is 15.9. The van der Waals surface area contributed by atoms with Gasteiger partial charge < -0.3 is 14.8 Å². The van der Waals surface area contributed by atoms with Gasteiger partial charge in [0.1, 0.15) is 16.7 Å². The van der Waals surface area contributed by atoms with Crippen molar-refractivity contribution in [3.05, 3.63) is 82.9 Å². The number of urea groups is 1. The number of nitrogens with zero attached hydrogens (tertiary/aromatic N) is 2. The van der Waals surface area contributed by atoms with Crippen molar-refractivity contribution in [3.63, 3.8) is 0 Å². The number of halogens is 4. The first kappa shape index (κ1) is 24.7. The summed E-state index contributed by atoms with van der Waals surface area (Å²) in [6, 6.07) is 13.4. The largest absolute Gasteiger partial charge is 0.322 e. The zero-order valence-electron chi connectivity index (χ0n) is 18.5. The van der Waals surface area contributed by atoms with Crippen LogP contribution in [0.25, 0.3) is 5.69 Å². The second-order valence-electron chi connectivity index (χ2n) is 7.83. The van der Waals surface area contributed by atoms with Crippen LogP contribution in [0.2, 0.25) is 5.15 Å². The third-order valence-electron chi connectivity index (χ3n) is 5.34. The van der Waals surface area contributed by atoms with E-state index in [2.05, 4.69) is 12.2 Å². The normalized spacial score (nSPS) is 10.9. The van der Waals surface area contributed by atoms with Crippen LogP contribution in [-0.4, -0.2) is 22.0 Å². The molecule has 2 aromatic carbocycles. The molecule has 4 nitrogen and oxygen atoms in total. The van der Waals surface area contributed by atoms with Crippen LogP contribution in [0.4, 0.5) is 23.7 Å². The van der Waals surface area contributed by atoms with Crippen molar-refractivity contribution in [1.82, 2.24) is 9.47 Å². The molecule has 3 rings (SSSR count). The highest BCUT2D eigenvalue weighted by atomic mass is 35.5. The number of hydrogen-bond donors (Lipinski definition) is 1. The monoisotopic (exact) mass is 477 g/mol. The summed E-state index contributed by atoms with van der Waals surface area (Å²) in [7, 11) is 0. The van der Waals surface area contributed by atoms with E-state index in [-0.39, 0.29) is 6.54 Å². The van der Waals surface area contributed by atoms with Crippen molar-refractivity contribution >= 4 is 23.3 Å². The van der Waals surface area contributed by atoms with Crippen molar-refractivity contribution in [3.8, 4) is 5.69 Å². The fourth-order valence-corrected chi connectivity index (χ4v) is 3.91. The van der Waals surface area contributed by atoms with Gasteiger partial charge in [-0.3, -0.25) is 0 Å². The summed E-state index contributed by atoms with van der Waals surface area (Å²) in [6.45, 7) is 2.68. The number of unbranched alkanes of at least 4 members (excludes halogenated alkanes) is 4. The topological polar surface area (TPSA) is 37.3 Å². The van der Waals surface area contributed by atoms with Crippen LogP contribution in [0.1, 0.15) is 44.7 Å². The van der Waals surface area contributed by atoms with E-state index >= 15 is 0 Å². The fourth-order valence-electron chi connectivity index (χ4n) is 3.64. The van der Waals surface area contributed by atoms with Gasteiger partial charge >= 0.3 is 6.03 Å². The lowest BCUT2D eigenvalue weighted by Gasteiger charge is -2.24. The first-order valence-corrected chi connectivity index (χ1v) is 11.4.